The van der Waals surface area contributed by atoms with Crippen LogP contribution in [0.5, 0.6) is 0 Å². The topological polar surface area (TPSA) is 179 Å². The van der Waals surface area contributed by atoms with Gasteiger partial charge in [0, 0.05) is 6.61 Å². The van der Waals surface area contributed by atoms with E-state index < -0.39 is 74.6 Å². The minimum atomic E-state index is -1.69. The second-order valence-corrected chi connectivity index (χ2v) is 10.3. The van der Waals surface area contributed by atoms with Crippen molar-refractivity contribution in [3.8, 4) is 0 Å². The smallest absolute Gasteiger partial charge is 0.187 e. The maximum atomic E-state index is 10.6. The van der Waals surface area contributed by atoms with Gasteiger partial charge in [0.05, 0.1) is 13.2 Å². The second kappa shape index (κ2) is 18.0. The molecule has 1 unspecified atom stereocenters. The maximum absolute atomic E-state index is 10.6. The van der Waals surface area contributed by atoms with Crippen molar-refractivity contribution in [2.45, 2.75) is 145 Å². The third-order valence-corrected chi connectivity index (χ3v) is 7.24. The molecule has 11 heteroatoms. The fourth-order valence-electron chi connectivity index (χ4n) is 4.84. The Bertz CT molecular complexity index is 579. The molecule has 0 amide bonds. The molecule has 0 aliphatic carbocycles. The third kappa shape index (κ3) is 10.2. The first-order chi connectivity index (χ1) is 17.8. The van der Waals surface area contributed by atoms with Crippen LogP contribution in [-0.2, 0) is 18.9 Å². The summed E-state index contributed by atoms with van der Waals surface area (Å²) < 4.78 is 22.1. The Kier molecular flexibility index (Phi) is 16.0. The Hall–Kier alpha value is -0.440. The number of ether oxygens (including phenoxy) is 4. The van der Waals surface area contributed by atoms with Crippen LogP contribution in [0.2, 0.25) is 0 Å². The first-order valence-electron chi connectivity index (χ1n) is 14.1. The van der Waals surface area contributed by atoms with Crippen LogP contribution in [0.4, 0.5) is 0 Å². The van der Waals surface area contributed by atoms with Crippen LogP contribution in [0.25, 0.3) is 0 Å². The van der Waals surface area contributed by atoms with E-state index in [-0.39, 0.29) is 0 Å². The van der Waals surface area contributed by atoms with Gasteiger partial charge in [0.2, 0.25) is 0 Å². The summed E-state index contributed by atoms with van der Waals surface area (Å²) in [6, 6.07) is 0. The van der Waals surface area contributed by atoms with Gasteiger partial charge in [-0.15, -0.1) is 0 Å². The van der Waals surface area contributed by atoms with Gasteiger partial charge in [-0.1, -0.05) is 77.6 Å². The molecule has 7 N–H and O–H groups in total. The molecule has 11 nitrogen and oxygen atoms in total. The molecule has 0 spiro atoms. The van der Waals surface area contributed by atoms with E-state index in [0.29, 0.717) is 6.61 Å². The third-order valence-electron chi connectivity index (χ3n) is 7.24. The van der Waals surface area contributed by atoms with Crippen molar-refractivity contribution < 1.29 is 54.7 Å². The molecular weight excluding hydrogens is 488 g/mol. The molecule has 2 rings (SSSR count). The second-order valence-electron chi connectivity index (χ2n) is 10.3. The van der Waals surface area contributed by atoms with E-state index in [1.54, 1.807) is 0 Å². The van der Waals surface area contributed by atoms with Crippen LogP contribution >= 0.6 is 0 Å². The highest BCUT2D eigenvalue weighted by Crippen LogP contribution is 2.29. The van der Waals surface area contributed by atoms with Crippen LogP contribution < -0.4 is 0 Å². The fourth-order valence-corrected chi connectivity index (χ4v) is 4.84. The number of aliphatic hydroxyl groups excluding tert-OH is 7. The molecule has 37 heavy (non-hydrogen) atoms. The molecule has 2 heterocycles. The average Bonchev–Trinajstić information content (AvgIpc) is 2.90. The van der Waals surface area contributed by atoms with Crippen LogP contribution in [0.1, 0.15) is 84.0 Å². The molecule has 2 aliphatic rings. The van der Waals surface area contributed by atoms with Gasteiger partial charge in [-0.2, -0.15) is 0 Å². The largest absolute Gasteiger partial charge is 0.394 e. The van der Waals surface area contributed by atoms with Crippen LogP contribution in [0.15, 0.2) is 0 Å². The van der Waals surface area contributed by atoms with Crippen LogP contribution in [0.3, 0.4) is 0 Å². The van der Waals surface area contributed by atoms with Crippen molar-refractivity contribution in [2.24, 2.45) is 0 Å². The zero-order valence-electron chi connectivity index (χ0n) is 22.1. The van der Waals surface area contributed by atoms with Crippen molar-refractivity contribution >= 4 is 0 Å². The Labute approximate surface area is 220 Å². The minimum Gasteiger partial charge on any atom is -0.394 e. The summed E-state index contributed by atoms with van der Waals surface area (Å²) in [5.74, 6) is 0. The van der Waals surface area contributed by atoms with E-state index in [4.69, 9.17) is 18.9 Å². The predicted octanol–water partition coefficient (Wildman–Crippen LogP) is 0.328. The molecule has 2 fully saturated rings. The number of aliphatic hydroxyl groups is 7. The quantitative estimate of drug-likeness (QED) is 0.120. The predicted molar refractivity (Wildman–Crippen MR) is 133 cm³/mol. The summed E-state index contributed by atoms with van der Waals surface area (Å²) in [6.07, 6.45) is 0.153. The number of rotatable bonds is 18. The normalized spacial score (nSPS) is 36.6. The fraction of sp³-hybridized carbons (Fsp3) is 1.00. The highest BCUT2D eigenvalue weighted by Gasteiger charge is 2.50. The Balaban J connectivity index is 1.68. The Morgan fingerprint density at radius 2 is 1.03 bits per heavy atom. The summed E-state index contributed by atoms with van der Waals surface area (Å²) >= 11 is 0. The molecule has 0 radical (unpaired) electrons. The van der Waals surface area contributed by atoms with Gasteiger partial charge in [-0.05, 0) is 6.42 Å². The van der Waals surface area contributed by atoms with Gasteiger partial charge >= 0.3 is 0 Å². The molecule has 220 valence electrons. The van der Waals surface area contributed by atoms with E-state index in [1.807, 2.05) is 0 Å². The van der Waals surface area contributed by atoms with Crippen molar-refractivity contribution in [1.82, 2.24) is 0 Å². The lowest BCUT2D eigenvalue weighted by atomic mass is 9.97. The molecule has 0 aromatic rings. The summed E-state index contributed by atoms with van der Waals surface area (Å²) in [7, 11) is 0. The highest BCUT2D eigenvalue weighted by atomic mass is 16.7. The lowest BCUT2D eigenvalue weighted by molar-refractivity contribution is -0.359. The summed E-state index contributed by atoms with van der Waals surface area (Å²) in [4.78, 5) is 0. The van der Waals surface area contributed by atoms with E-state index in [0.717, 1.165) is 19.3 Å². The van der Waals surface area contributed by atoms with Crippen LogP contribution in [0, 0.1) is 0 Å². The summed E-state index contributed by atoms with van der Waals surface area (Å²) in [5, 5.41) is 70.3. The van der Waals surface area contributed by atoms with Gasteiger partial charge in [0.15, 0.2) is 12.6 Å². The van der Waals surface area contributed by atoms with E-state index in [9.17, 15) is 35.7 Å². The Morgan fingerprint density at radius 3 is 1.57 bits per heavy atom. The molecule has 0 bridgehead atoms. The van der Waals surface area contributed by atoms with E-state index in [2.05, 4.69) is 6.92 Å². The van der Waals surface area contributed by atoms with Crippen LogP contribution in [-0.4, -0.2) is 117 Å². The lowest BCUT2D eigenvalue weighted by Gasteiger charge is -2.45. The van der Waals surface area contributed by atoms with Crippen molar-refractivity contribution in [1.29, 1.82) is 0 Å². The first-order valence-corrected chi connectivity index (χ1v) is 14.1. The Morgan fingerprint density at radius 1 is 0.541 bits per heavy atom. The molecule has 10 atom stereocenters. The monoisotopic (exact) mass is 538 g/mol. The number of unbranched alkanes of at least 4 members (excludes halogenated alkanes) is 11. The molecule has 0 aromatic carbocycles. The zero-order chi connectivity index (χ0) is 27.2. The number of hydrogen-bond acceptors (Lipinski definition) is 11. The molecule has 2 saturated heterocycles. The standard InChI is InChI=1S/C26H50O11/c1-2-3-4-5-6-7-8-9-10-11-12-13-14-34-25-23(33)21(31)24(18(16-28)36-25)37-26-22(32)20(30)19(29)17(15-27)35-26/h17-33H,2-16H2,1H3/t17-,18-,19-,20+,21-,22-,23-,24-,25?,26+/m1/s1. The molecule has 0 aromatic heterocycles. The van der Waals surface area contributed by atoms with Crippen molar-refractivity contribution in [2.75, 3.05) is 19.8 Å². The molecular formula is C26H50O11. The highest BCUT2D eigenvalue weighted by molar-refractivity contribution is 4.94. The summed E-state index contributed by atoms with van der Waals surface area (Å²) in [6.45, 7) is 1.33. The molecule has 0 saturated carbocycles. The average molecular weight is 539 g/mol. The van der Waals surface area contributed by atoms with E-state index in [1.165, 1.54) is 57.8 Å². The van der Waals surface area contributed by atoms with Gasteiger partial charge in [-0.25, -0.2) is 0 Å². The van der Waals surface area contributed by atoms with Gasteiger partial charge < -0.3 is 54.7 Å². The lowest BCUT2D eigenvalue weighted by Crippen LogP contribution is -2.64. The van der Waals surface area contributed by atoms with E-state index >= 15 is 0 Å². The summed E-state index contributed by atoms with van der Waals surface area (Å²) in [5.41, 5.74) is 0. The van der Waals surface area contributed by atoms with Crippen molar-refractivity contribution in [3.05, 3.63) is 0 Å². The first kappa shape index (κ1) is 32.8. The molecule has 2 aliphatic heterocycles. The SMILES string of the molecule is CCCCCCCCCCCCCCOC1O[C@H](CO)[C@@H](O[C@@H]2O[C@H](CO)[C@@H](O)[C@H](O)[C@H]2O)[C@H](O)[C@H]1O. The van der Waals surface area contributed by atoms with Gasteiger partial charge in [-0.3, -0.25) is 0 Å². The zero-order valence-corrected chi connectivity index (χ0v) is 22.1. The minimum absolute atomic E-state index is 0.322. The maximum Gasteiger partial charge on any atom is 0.187 e. The van der Waals surface area contributed by atoms with Gasteiger partial charge in [0.25, 0.3) is 0 Å². The van der Waals surface area contributed by atoms with Gasteiger partial charge in [0.1, 0.15) is 48.8 Å². The van der Waals surface area contributed by atoms with Crippen molar-refractivity contribution in [3.63, 3.8) is 0 Å². The number of hydrogen-bond donors (Lipinski definition) is 7.